The number of rotatable bonds is 2. The number of amides is 2. The van der Waals surface area contributed by atoms with Gasteiger partial charge >= 0.3 is 17.8 Å². The first-order valence-electron chi connectivity index (χ1n) is 7.74. The van der Waals surface area contributed by atoms with Crippen molar-refractivity contribution in [2.75, 3.05) is 18.4 Å². The molecule has 8 heteroatoms. The third kappa shape index (κ3) is 2.86. The molecule has 0 saturated carbocycles. The van der Waals surface area contributed by atoms with Crippen molar-refractivity contribution < 1.29 is 19.1 Å². The van der Waals surface area contributed by atoms with Crippen LogP contribution in [0.5, 0.6) is 0 Å². The Kier molecular flexibility index (Phi) is 4.04. The van der Waals surface area contributed by atoms with Crippen LogP contribution >= 0.6 is 0 Å². The number of para-hydroxylation sites is 1. The quantitative estimate of drug-likeness (QED) is 0.870. The molecule has 0 radical (unpaired) electrons. The van der Waals surface area contributed by atoms with Gasteiger partial charge in [-0.3, -0.25) is 9.36 Å². The highest BCUT2D eigenvalue weighted by Crippen LogP contribution is 2.25. The fraction of sp³-hybridized carbons (Fsp3) is 0.438. The summed E-state index contributed by atoms with van der Waals surface area (Å²) >= 11 is 0. The second-order valence-corrected chi connectivity index (χ2v) is 6.29. The fourth-order valence-corrected chi connectivity index (χ4v) is 3.14. The van der Waals surface area contributed by atoms with Crippen molar-refractivity contribution in [1.29, 1.82) is 0 Å². The SMILES string of the molecule is CC1CC(C(=O)O)CN(C(=O)Nc2cccc3c2oc(=O)n3C)C1. The topological polar surface area (TPSA) is 105 Å². The van der Waals surface area contributed by atoms with E-state index in [-0.39, 0.29) is 12.5 Å². The molecule has 1 aromatic carbocycles. The number of carbonyl (C=O) groups excluding carboxylic acids is 1. The van der Waals surface area contributed by atoms with Crippen LogP contribution in [-0.2, 0) is 11.8 Å². The molecule has 8 nitrogen and oxygen atoms in total. The lowest BCUT2D eigenvalue weighted by atomic mass is 9.91. The number of carboxylic acids is 1. The number of carboxylic acid groups (broad SMARTS) is 1. The number of aryl methyl sites for hydroxylation is 1. The van der Waals surface area contributed by atoms with E-state index in [1.165, 1.54) is 9.47 Å². The molecule has 24 heavy (non-hydrogen) atoms. The summed E-state index contributed by atoms with van der Waals surface area (Å²) in [5.41, 5.74) is 1.27. The number of benzene rings is 1. The van der Waals surface area contributed by atoms with Gasteiger partial charge in [0.2, 0.25) is 0 Å². The number of likely N-dealkylation sites (tertiary alicyclic amines) is 1. The summed E-state index contributed by atoms with van der Waals surface area (Å²) in [5.74, 6) is -1.86. The van der Waals surface area contributed by atoms with Crippen LogP contribution < -0.4 is 11.1 Å². The normalized spacial score (nSPS) is 21.0. The molecule has 1 saturated heterocycles. The summed E-state index contributed by atoms with van der Waals surface area (Å²) in [6.07, 6.45) is 0.558. The number of nitrogens with zero attached hydrogens (tertiary/aromatic N) is 2. The van der Waals surface area contributed by atoms with Crippen molar-refractivity contribution in [3.05, 3.63) is 28.7 Å². The Bertz CT molecular complexity index is 853. The van der Waals surface area contributed by atoms with Gasteiger partial charge in [0.15, 0.2) is 5.58 Å². The predicted molar refractivity (Wildman–Crippen MR) is 87.0 cm³/mol. The number of aromatic nitrogens is 1. The molecule has 1 aliphatic rings. The minimum atomic E-state index is -0.893. The molecule has 2 atom stereocenters. The molecular weight excluding hydrogens is 314 g/mol. The standard InChI is InChI=1S/C16H19N3O5/c1-9-6-10(14(20)21)8-19(7-9)15(22)17-11-4-3-5-12-13(11)24-16(23)18(12)2/h3-5,9-10H,6-8H2,1-2H3,(H,17,22)(H,20,21). The van der Waals surface area contributed by atoms with Crippen LogP contribution in [0.4, 0.5) is 10.5 Å². The predicted octanol–water partition coefficient (Wildman–Crippen LogP) is 1.71. The molecular formula is C16H19N3O5. The maximum atomic E-state index is 12.5. The fourth-order valence-electron chi connectivity index (χ4n) is 3.14. The number of aliphatic carboxylic acids is 1. The first-order valence-corrected chi connectivity index (χ1v) is 7.74. The van der Waals surface area contributed by atoms with Gasteiger partial charge in [0.1, 0.15) is 0 Å². The Balaban J connectivity index is 1.83. The maximum Gasteiger partial charge on any atom is 0.419 e. The number of hydrogen-bond acceptors (Lipinski definition) is 4. The van der Waals surface area contributed by atoms with Crippen LogP contribution in [0.1, 0.15) is 13.3 Å². The Morgan fingerprint density at radius 2 is 2.08 bits per heavy atom. The molecule has 1 aromatic heterocycles. The van der Waals surface area contributed by atoms with Gasteiger partial charge in [0.25, 0.3) is 0 Å². The van der Waals surface area contributed by atoms with Crippen molar-refractivity contribution in [3.63, 3.8) is 0 Å². The number of carbonyl (C=O) groups is 2. The van der Waals surface area contributed by atoms with Crippen molar-refractivity contribution in [2.24, 2.45) is 18.9 Å². The van der Waals surface area contributed by atoms with Crippen molar-refractivity contribution in [2.45, 2.75) is 13.3 Å². The van der Waals surface area contributed by atoms with Crippen molar-refractivity contribution >= 4 is 28.8 Å². The van der Waals surface area contributed by atoms with Crippen LogP contribution in [0, 0.1) is 11.8 Å². The molecule has 3 rings (SSSR count). The monoisotopic (exact) mass is 333 g/mol. The lowest BCUT2D eigenvalue weighted by Gasteiger charge is -2.34. The van der Waals surface area contributed by atoms with Gasteiger partial charge < -0.3 is 19.7 Å². The van der Waals surface area contributed by atoms with E-state index in [0.29, 0.717) is 29.8 Å². The van der Waals surface area contributed by atoms with E-state index in [1.807, 2.05) is 6.92 Å². The van der Waals surface area contributed by atoms with Crippen LogP contribution in [0.25, 0.3) is 11.1 Å². The number of anilines is 1. The van der Waals surface area contributed by atoms with E-state index in [1.54, 1.807) is 25.2 Å². The van der Waals surface area contributed by atoms with E-state index < -0.39 is 23.7 Å². The van der Waals surface area contributed by atoms with Gasteiger partial charge in [-0.2, -0.15) is 0 Å². The van der Waals surface area contributed by atoms with E-state index in [0.717, 1.165) is 0 Å². The van der Waals surface area contributed by atoms with Gasteiger partial charge in [-0.25, -0.2) is 9.59 Å². The molecule has 128 valence electrons. The Labute approximate surface area is 137 Å². The van der Waals surface area contributed by atoms with Crippen molar-refractivity contribution in [3.8, 4) is 0 Å². The molecule has 2 heterocycles. The third-order valence-electron chi connectivity index (χ3n) is 4.36. The summed E-state index contributed by atoms with van der Waals surface area (Å²) in [6, 6.07) is 4.68. The highest BCUT2D eigenvalue weighted by molar-refractivity contribution is 5.98. The molecule has 1 aliphatic heterocycles. The summed E-state index contributed by atoms with van der Waals surface area (Å²) in [7, 11) is 1.59. The van der Waals surface area contributed by atoms with Gasteiger partial charge in [0.05, 0.1) is 17.1 Å². The van der Waals surface area contributed by atoms with Crippen LogP contribution in [-0.4, -0.2) is 39.7 Å². The summed E-state index contributed by atoms with van der Waals surface area (Å²) in [5, 5.41) is 11.9. The summed E-state index contributed by atoms with van der Waals surface area (Å²) in [6.45, 7) is 2.58. The molecule has 1 fully saturated rings. The van der Waals surface area contributed by atoms with Crippen LogP contribution in [0.15, 0.2) is 27.4 Å². The lowest BCUT2D eigenvalue weighted by Crippen LogP contribution is -2.47. The first-order chi connectivity index (χ1) is 11.4. The zero-order valence-electron chi connectivity index (χ0n) is 13.5. The average molecular weight is 333 g/mol. The summed E-state index contributed by atoms with van der Waals surface area (Å²) < 4.78 is 6.53. The molecule has 0 spiro atoms. The number of hydrogen-bond donors (Lipinski definition) is 2. The number of nitrogens with one attached hydrogen (secondary N) is 1. The van der Waals surface area contributed by atoms with Crippen LogP contribution in [0.2, 0.25) is 0 Å². The Morgan fingerprint density at radius 1 is 1.33 bits per heavy atom. The zero-order chi connectivity index (χ0) is 17.4. The largest absolute Gasteiger partial charge is 0.481 e. The van der Waals surface area contributed by atoms with E-state index in [2.05, 4.69) is 5.32 Å². The van der Waals surface area contributed by atoms with Gasteiger partial charge in [-0.1, -0.05) is 13.0 Å². The van der Waals surface area contributed by atoms with Gasteiger partial charge in [-0.15, -0.1) is 0 Å². The number of piperidine rings is 1. The molecule has 0 bridgehead atoms. The molecule has 2 aromatic rings. The molecule has 2 N–H and O–H groups in total. The number of oxazole rings is 1. The van der Waals surface area contributed by atoms with E-state index in [4.69, 9.17) is 4.42 Å². The molecule has 2 unspecified atom stereocenters. The van der Waals surface area contributed by atoms with Crippen molar-refractivity contribution in [1.82, 2.24) is 9.47 Å². The second kappa shape index (κ2) is 6.03. The van der Waals surface area contributed by atoms with Gasteiger partial charge in [-0.05, 0) is 24.5 Å². The second-order valence-electron chi connectivity index (χ2n) is 6.29. The zero-order valence-corrected chi connectivity index (χ0v) is 13.5. The smallest absolute Gasteiger partial charge is 0.419 e. The minimum absolute atomic E-state index is 0.107. The lowest BCUT2D eigenvalue weighted by molar-refractivity contribution is -0.143. The third-order valence-corrected chi connectivity index (χ3v) is 4.36. The maximum absolute atomic E-state index is 12.5. The number of urea groups is 1. The first kappa shape index (κ1) is 16.1. The Morgan fingerprint density at radius 3 is 2.79 bits per heavy atom. The van der Waals surface area contributed by atoms with Crippen LogP contribution in [0.3, 0.4) is 0 Å². The molecule has 0 aliphatic carbocycles. The van der Waals surface area contributed by atoms with Gasteiger partial charge in [0, 0.05) is 20.1 Å². The summed E-state index contributed by atoms with van der Waals surface area (Å²) in [4.78, 5) is 36.9. The van der Waals surface area contributed by atoms with E-state index >= 15 is 0 Å². The Hall–Kier alpha value is -2.77. The highest BCUT2D eigenvalue weighted by atomic mass is 16.4. The van der Waals surface area contributed by atoms with E-state index in [9.17, 15) is 19.5 Å². The minimum Gasteiger partial charge on any atom is -0.481 e. The highest BCUT2D eigenvalue weighted by Gasteiger charge is 2.32. The number of fused-ring (bicyclic) bond motifs is 1. The molecule has 2 amide bonds. The average Bonchev–Trinajstić information content (AvgIpc) is 2.83.